The molecule has 0 radical (unpaired) electrons. The number of anilines is 3. The quantitative estimate of drug-likeness (QED) is 0.543. The minimum atomic E-state index is -0.316. The minimum Gasteiger partial charge on any atom is -0.326 e. The van der Waals surface area contributed by atoms with Gasteiger partial charge in [0, 0.05) is 41.7 Å². The molecule has 0 bridgehead atoms. The monoisotopic (exact) mass is 477 g/mol. The van der Waals surface area contributed by atoms with Crippen molar-refractivity contribution in [1.82, 2.24) is 10.2 Å². The standard InChI is InChI=1S/C25H27N5O3S/c1-14(2)22(32)26-19-7-5-17(6-8-19)23(33)27-25-29-28-24(34-25)18-12-21(31)30(13-18)20-10-15(3)9-16(4)11-20/h5-11,14,18H,12-13H2,1-4H3,(H,26,32)(H,27,29,33)/t18-/m1/s1. The molecule has 0 spiro atoms. The Kier molecular flexibility index (Phi) is 6.74. The summed E-state index contributed by atoms with van der Waals surface area (Å²) in [5, 5.41) is 15.0. The highest BCUT2D eigenvalue weighted by molar-refractivity contribution is 7.15. The second kappa shape index (κ2) is 9.72. The molecule has 0 saturated carbocycles. The first-order chi connectivity index (χ1) is 16.2. The Morgan fingerprint density at radius 3 is 2.35 bits per heavy atom. The van der Waals surface area contributed by atoms with Gasteiger partial charge in [-0.1, -0.05) is 31.3 Å². The van der Waals surface area contributed by atoms with Crippen LogP contribution in [0.3, 0.4) is 0 Å². The van der Waals surface area contributed by atoms with Gasteiger partial charge >= 0.3 is 0 Å². The van der Waals surface area contributed by atoms with E-state index in [9.17, 15) is 14.4 Å². The van der Waals surface area contributed by atoms with E-state index in [4.69, 9.17) is 0 Å². The molecule has 3 amide bonds. The highest BCUT2D eigenvalue weighted by Gasteiger charge is 2.34. The van der Waals surface area contributed by atoms with E-state index in [1.54, 1.807) is 29.2 Å². The lowest BCUT2D eigenvalue weighted by Crippen LogP contribution is -2.24. The van der Waals surface area contributed by atoms with Crippen molar-refractivity contribution in [2.75, 3.05) is 22.1 Å². The molecule has 1 aliphatic heterocycles. The third-order valence-corrected chi connectivity index (χ3v) is 6.59. The molecular weight excluding hydrogens is 450 g/mol. The summed E-state index contributed by atoms with van der Waals surface area (Å²) in [5.74, 6) is -0.539. The predicted octanol–water partition coefficient (Wildman–Crippen LogP) is 4.52. The zero-order valence-electron chi connectivity index (χ0n) is 19.6. The van der Waals surface area contributed by atoms with E-state index in [0.29, 0.717) is 29.3 Å². The summed E-state index contributed by atoms with van der Waals surface area (Å²) in [7, 11) is 0. The fraction of sp³-hybridized carbons (Fsp3) is 0.320. The Morgan fingerprint density at radius 2 is 1.71 bits per heavy atom. The predicted molar refractivity (Wildman–Crippen MR) is 133 cm³/mol. The van der Waals surface area contributed by atoms with Gasteiger partial charge in [0.25, 0.3) is 5.91 Å². The van der Waals surface area contributed by atoms with E-state index in [0.717, 1.165) is 21.8 Å². The van der Waals surface area contributed by atoms with E-state index < -0.39 is 0 Å². The molecule has 4 rings (SSSR count). The number of carbonyl (C=O) groups is 3. The Morgan fingerprint density at radius 1 is 1.03 bits per heavy atom. The third-order valence-electron chi connectivity index (χ3n) is 5.59. The molecular formula is C25H27N5O3S. The van der Waals surface area contributed by atoms with Crippen LogP contribution in [0, 0.1) is 19.8 Å². The molecule has 2 N–H and O–H groups in total. The number of aromatic nitrogens is 2. The number of hydrogen-bond acceptors (Lipinski definition) is 6. The van der Waals surface area contributed by atoms with E-state index in [2.05, 4.69) is 26.9 Å². The second-order valence-corrected chi connectivity index (χ2v) is 9.88. The fourth-order valence-corrected chi connectivity index (χ4v) is 4.67. The van der Waals surface area contributed by atoms with E-state index >= 15 is 0 Å². The van der Waals surface area contributed by atoms with Crippen molar-refractivity contribution in [2.45, 2.75) is 40.0 Å². The molecule has 1 atom stereocenters. The number of nitrogens with zero attached hydrogens (tertiary/aromatic N) is 3. The first-order valence-electron chi connectivity index (χ1n) is 11.1. The molecule has 8 nitrogen and oxygen atoms in total. The van der Waals surface area contributed by atoms with Crippen LogP contribution in [-0.2, 0) is 9.59 Å². The number of aryl methyl sites for hydroxylation is 2. The summed E-state index contributed by atoms with van der Waals surface area (Å²) in [4.78, 5) is 38.9. The van der Waals surface area contributed by atoms with Crippen LogP contribution in [0.4, 0.5) is 16.5 Å². The summed E-state index contributed by atoms with van der Waals surface area (Å²) < 4.78 is 0. The normalized spacial score (nSPS) is 15.6. The van der Waals surface area contributed by atoms with Crippen molar-refractivity contribution in [3.8, 4) is 0 Å². The zero-order valence-corrected chi connectivity index (χ0v) is 20.4. The molecule has 9 heteroatoms. The third kappa shape index (κ3) is 5.31. The van der Waals surface area contributed by atoms with Crippen LogP contribution in [0.5, 0.6) is 0 Å². The van der Waals surface area contributed by atoms with Gasteiger partial charge in [0.2, 0.25) is 16.9 Å². The largest absolute Gasteiger partial charge is 0.326 e. The molecule has 3 aromatic rings. The van der Waals surface area contributed by atoms with Crippen LogP contribution >= 0.6 is 11.3 Å². The SMILES string of the molecule is Cc1cc(C)cc(N2C[C@H](c3nnc(NC(=O)c4ccc(NC(=O)C(C)C)cc4)s3)CC2=O)c1. The maximum Gasteiger partial charge on any atom is 0.257 e. The number of hydrogen-bond donors (Lipinski definition) is 2. The van der Waals surface area contributed by atoms with Gasteiger partial charge in [0.15, 0.2) is 0 Å². The first kappa shape index (κ1) is 23.6. The Hall–Kier alpha value is -3.59. The molecule has 34 heavy (non-hydrogen) atoms. The maximum atomic E-state index is 12.7. The Balaban J connectivity index is 1.39. The average Bonchev–Trinajstić information content (AvgIpc) is 3.40. The molecule has 2 heterocycles. The number of amides is 3. The van der Waals surface area contributed by atoms with Gasteiger partial charge in [0.05, 0.1) is 0 Å². The lowest BCUT2D eigenvalue weighted by Gasteiger charge is -2.17. The van der Waals surface area contributed by atoms with Crippen molar-refractivity contribution in [2.24, 2.45) is 5.92 Å². The summed E-state index contributed by atoms with van der Waals surface area (Å²) in [6.45, 7) is 8.20. The van der Waals surface area contributed by atoms with Gasteiger partial charge < -0.3 is 10.2 Å². The van der Waals surface area contributed by atoms with Crippen LogP contribution in [0.2, 0.25) is 0 Å². The molecule has 0 unspecified atom stereocenters. The Bertz CT molecular complexity index is 1220. The second-order valence-electron chi connectivity index (χ2n) is 8.87. The van der Waals surface area contributed by atoms with Crippen molar-refractivity contribution in [1.29, 1.82) is 0 Å². The topological polar surface area (TPSA) is 104 Å². The van der Waals surface area contributed by atoms with E-state index in [-0.39, 0.29) is 29.6 Å². The van der Waals surface area contributed by atoms with Gasteiger partial charge in [-0.25, -0.2) is 0 Å². The highest BCUT2D eigenvalue weighted by Crippen LogP contribution is 2.35. The number of nitrogens with one attached hydrogen (secondary N) is 2. The number of carbonyl (C=O) groups excluding carboxylic acids is 3. The average molecular weight is 478 g/mol. The Labute approximate surface area is 202 Å². The van der Waals surface area contributed by atoms with Crippen molar-refractivity contribution in [3.05, 3.63) is 64.2 Å². The highest BCUT2D eigenvalue weighted by atomic mass is 32.1. The summed E-state index contributed by atoms with van der Waals surface area (Å²) in [6, 6.07) is 12.8. The van der Waals surface area contributed by atoms with Gasteiger partial charge in [-0.2, -0.15) is 0 Å². The van der Waals surface area contributed by atoms with Crippen molar-refractivity contribution < 1.29 is 14.4 Å². The molecule has 1 aromatic heterocycles. The van der Waals surface area contributed by atoms with Crippen molar-refractivity contribution in [3.63, 3.8) is 0 Å². The summed E-state index contributed by atoms with van der Waals surface area (Å²) >= 11 is 1.28. The van der Waals surface area contributed by atoms with Gasteiger partial charge in [-0.3, -0.25) is 19.7 Å². The fourth-order valence-electron chi connectivity index (χ4n) is 3.84. The lowest BCUT2D eigenvalue weighted by atomic mass is 10.1. The van der Waals surface area contributed by atoms with Crippen LogP contribution in [-0.4, -0.2) is 34.5 Å². The van der Waals surface area contributed by atoms with E-state index in [1.165, 1.54) is 11.3 Å². The smallest absolute Gasteiger partial charge is 0.257 e. The van der Waals surface area contributed by atoms with Gasteiger partial charge in [-0.15, -0.1) is 10.2 Å². The molecule has 1 fully saturated rings. The molecule has 0 aliphatic carbocycles. The molecule has 1 aliphatic rings. The number of benzene rings is 2. The van der Waals surface area contributed by atoms with Crippen LogP contribution in [0.25, 0.3) is 0 Å². The first-order valence-corrected chi connectivity index (χ1v) is 12.0. The van der Waals surface area contributed by atoms with E-state index in [1.807, 2.05) is 39.8 Å². The van der Waals surface area contributed by atoms with Crippen LogP contribution in [0.1, 0.15) is 52.7 Å². The van der Waals surface area contributed by atoms with Crippen LogP contribution < -0.4 is 15.5 Å². The maximum absolute atomic E-state index is 12.7. The summed E-state index contributed by atoms with van der Waals surface area (Å²) in [5.41, 5.74) is 4.20. The van der Waals surface area contributed by atoms with Crippen LogP contribution in [0.15, 0.2) is 42.5 Å². The summed E-state index contributed by atoms with van der Waals surface area (Å²) in [6.07, 6.45) is 0.360. The molecule has 2 aromatic carbocycles. The van der Waals surface area contributed by atoms with Gasteiger partial charge in [-0.05, 0) is 61.4 Å². The zero-order chi connectivity index (χ0) is 24.4. The number of rotatable bonds is 6. The molecule has 176 valence electrons. The van der Waals surface area contributed by atoms with Gasteiger partial charge in [0.1, 0.15) is 5.01 Å². The minimum absolute atomic E-state index is 0.0560. The van der Waals surface area contributed by atoms with Crippen molar-refractivity contribution >= 4 is 45.6 Å². The molecule has 1 saturated heterocycles. The lowest BCUT2D eigenvalue weighted by molar-refractivity contribution is -0.119.